The van der Waals surface area contributed by atoms with Crippen molar-refractivity contribution in [3.8, 4) is 22.5 Å². The van der Waals surface area contributed by atoms with Crippen LogP contribution in [0, 0.1) is 6.92 Å². The fraction of sp³-hybridized carbons (Fsp3) is 0.0476. The minimum atomic E-state index is -0.619. The van der Waals surface area contributed by atoms with Gasteiger partial charge in [0.1, 0.15) is 11.4 Å². The zero-order valence-corrected chi connectivity index (χ0v) is 15.5. The fourth-order valence-corrected chi connectivity index (χ4v) is 2.68. The van der Waals surface area contributed by atoms with Crippen LogP contribution < -0.4 is 10.9 Å². The van der Waals surface area contributed by atoms with E-state index < -0.39 is 11.8 Å². The Kier molecular flexibility index (Phi) is 4.90. The molecule has 0 saturated carbocycles. The first kappa shape index (κ1) is 18.2. The highest BCUT2D eigenvalue weighted by atomic mass is 16.5. The molecule has 0 spiro atoms. The Morgan fingerprint density at radius 3 is 2.31 bits per heavy atom. The second-order valence-electron chi connectivity index (χ2n) is 6.38. The van der Waals surface area contributed by atoms with Gasteiger partial charge in [-0.05, 0) is 13.0 Å². The zero-order chi connectivity index (χ0) is 20.2. The summed E-state index contributed by atoms with van der Waals surface area (Å²) < 4.78 is 5.08. The summed E-state index contributed by atoms with van der Waals surface area (Å²) in [7, 11) is 0. The van der Waals surface area contributed by atoms with E-state index in [-0.39, 0.29) is 11.5 Å². The molecule has 0 unspecified atom stereocenters. The first-order valence-corrected chi connectivity index (χ1v) is 8.85. The van der Waals surface area contributed by atoms with Gasteiger partial charge < -0.3 is 4.52 Å². The van der Waals surface area contributed by atoms with Gasteiger partial charge in [0.2, 0.25) is 5.76 Å². The van der Waals surface area contributed by atoms with E-state index in [1.807, 2.05) is 61.5 Å². The summed E-state index contributed by atoms with van der Waals surface area (Å²) in [6, 6.07) is 20.2. The van der Waals surface area contributed by atoms with E-state index in [0.29, 0.717) is 11.4 Å². The molecule has 2 aromatic heterocycles. The lowest BCUT2D eigenvalue weighted by atomic mass is 10.1. The second-order valence-corrected chi connectivity index (χ2v) is 6.38. The number of nitrogens with one attached hydrogen (secondary N) is 3. The summed E-state index contributed by atoms with van der Waals surface area (Å²) in [5.41, 5.74) is 8.80. The van der Waals surface area contributed by atoms with Crippen molar-refractivity contribution in [1.82, 2.24) is 26.2 Å². The topological polar surface area (TPSA) is 113 Å². The molecule has 2 aromatic carbocycles. The van der Waals surface area contributed by atoms with Crippen LogP contribution in [-0.2, 0) is 0 Å². The van der Waals surface area contributed by atoms with E-state index >= 15 is 0 Å². The predicted molar refractivity (Wildman–Crippen MR) is 106 cm³/mol. The number of hydrogen-bond acceptors (Lipinski definition) is 5. The van der Waals surface area contributed by atoms with Crippen LogP contribution in [0.5, 0.6) is 0 Å². The molecule has 0 radical (unpaired) electrons. The van der Waals surface area contributed by atoms with Gasteiger partial charge in [-0.15, -0.1) is 0 Å². The van der Waals surface area contributed by atoms with E-state index in [4.69, 9.17) is 4.52 Å². The lowest BCUT2D eigenvalue weighted by Gasteiger charge is -2.03. The number of nitrogens with zero attached hydrogens (tertiary/aromatic N) is 2. The molecule has 4 rings (SSSR count). The highest BCUT2D eigenvalue weighted by Crippen LogP contribution is 2.19. The van der Waals surface area contributed by atoms with Crippen molar-refractivity contribution >= 4 is 11.8 Å². The number of aryl methyl sites for hydroxylation is 1. The van der Waals surface area contributed by atoms with Crippen molar-refractivity contribution in [3.63, 3.8) is 0 Å². The lowest BCUT2D eigenvalue weighted by molar-refractivity contribution is 0.0823. The van der Waals surface area contributed by atoms with Crippen LogP contribution in [0.15, 0.2) is 71.3 Å². The van der Waals surface area contributed by atoms with Crippen molar-refractivity contribution in [1.29, 1.82) is 0 Å². The third-order valence-electron chi connectivity index (χ3n) is 4.26. The predicted octanol–water partition coefficient (Wildman–Crippen LogP) is 3.11. The number of carbonyl (C=O) groups excluding carboxylic acids is 2. The maximum Gasteiger partial charge on any atom is 0.308 e. The molecule has 0 fully saturated rings. The lowest BCUT2D eigenvalue weighted by Crippen LogP contribution is -2.41. The number of hydrazine groups is 1. The van der Waals surface area contributed by atoms with Gasteiger partial charge in [0.05, 0.1) is 5.69 Å². The Bertz CT molecular complexity index is 1150. The summed E-state index contributed by atoms with van der Waals surface area (Å²) in [4.78, 5) is 24.5. The minimum Gasteiger partial charge on any atom is -0.350 e. The molecule has 29 heavy (non-hydrogen) atoms. The monoisotopic (exact) mass is 387 g/mol. The summed E-state index contributed by atoms with van der Waals surface area (Å²) in [6.45, 7) is 1.98. The van der Waals surface area contributed by atoms with Crippen LogP contribution in [-0.4, -0.2) is 27.2 Å². The maximum atomic E-state index is 12.2. The summed E-state index contributed by atoms with van der Waals surface area (Å²) in [5, 5.41) is 10.7. The smallest absolute Gasteiger partial charge is 0.308 e. The van der Waals surface area contributed by atoms with Gasteiger partial charge in [-0.1, -0.05) is 65.3 Å². The van der Waals surface area contributed by atoms with Crippen LogP contribution in [0.3, 0.4) is 0 Å². The maximum absolute atomic E-state index is 12.2. The van der Waals surface area contributed by atoms with Gasteiger partial charge in [0.25, 0.3) is 5.91 Å². The molecule has 3 N–H and O–H groups in total. The highest BCUT2D eigenvalue weighted by Gasteiger charge is 2.16. The number of rotatable bonds is 4. The molecule has 0 saturated heterocycles. The first-order chi connectivity index (χ1) is 14.1. The third-order valence-corrected chi connectivity index (χ3v) is 4.26. The van der Waals surface area contributed by atoms with E-state index in [1.165, 1.54) is 6.07 Å². The van der Waals surface area contributed by atoms with Gasteiger partial charge >= 0.3 is 5.91 Å². The van der Waals surface area contributed by atoms with Gasteiger partial charge in [-0.2, -0.15) is 5.10 Å². The third kappa shape index (κ3) is 4.06. The van der Waals surface area contributed by atoms with Crippen LogP contribution in [0.1, 0.15) is 26.6 Å². The van der Waals surface area contributed by atoms with Gasteiger partial charge in [-0.3, -0.25) is 25.5 Å². The van der Waals surface area contributed by atoms with E-state index in [0.717, 1.165) is 16.7 Å². The van der Waals surface area contributed by atoms with E-state index in [2.05, 4.69) is 26.2 Å². The molecule has 144 valence electrons. The van der Waals surface area contributed by atoms with Gasteiger partial charge in [0.15, 0.2) is 0 Å². The molecular weight excluding hydrogens is 370 g/mol. The molecule has 0 aliphatic carbocycles. The van der Waals surface area contributed by atoms with Crippen LogP contribution in [0.4, 0.5) is 0 Å². The fourth-order valence-electron chi connectivity index (χ4n) is 2.68. The number of aromatic amines is 1. The number of benzene rings is 2. The second kappa shape index (κ2) is 7.81. The van der Waals surface area contributed by atoms with E-state index in [9.17, 15) is 9.59 Å². The molecule has 0 aliphatic rings. The average Bonchev–Trinajstić information content (AvgIpc) is 3.43. The molecule has 8 heteroatoms. The van der Waals surface area contributed by atoms with Crippen LogP contribution >= 0.6 is 0 Å². The molecule has 2 amide bonds. The Morgan fingerprint density at radius 1 is 0.862 bits per heavy atom. The van der Waals surface area contributed by atoms with Gasteiger partial charge in [-0.25, -0.2) is 0 Å². The normalized spacial score (nSPS) is 10.5. The Morgan fingerprint density at radius 2 is 1.55 bits per heavy atom. The number of H-pyrrole nitrogens is 1. The standard InChI is InChI=1S/C21H17N5O3/c1-13-7-9-15(10-8-13)17-12-19(29-26-17)21(28)25-24-20(27)18-11-16(22-23-18)14-5-3-2-4-6-14/h2-12H,1H3,(H,22,23)(H,24,27)(H,25,28). The quantitative estimate of drug-likeness (QED) is 0.466. The molecule has 2 heterocycles. The van der Waals surface area contributed by atoms with Crippen molar-refractivity contribution in [2.45, 2.75) is 6.92 Å². The van der Waals surface area contributed by atoms with E-state index in [1.54, 1.807) is 6.07 Å². The van der Waals surface area contributed by atoms with Crippen molar-refractivity contribution < 1.29 is 14.1 Å². The first-order valence-electron chi connectivity index (χ1n) is 8.85. The number of hydrogen-bond donors (Lipinski definition) is 3. The summed E-state index contributed by atoms with van der Waals surface area (Å²) in [5.74, 6) is -1.17. The Hall–Kier alpha value is -4.20. The molecule has 0 atom stereocenters. The SMILES string of the molecule is Cc1ccc(-c2cc(C(=O)NNC(=O)c3cc(-c4ccccc4)n[nH]3)on2)cc1. The number of carbonyl (C=O) groups is 2. The highest BCUT2D eigenvalue weighted by molar-refractivity contribution is 5.97. The van der Waals surface area contributed by atoms with Crippen molar-refractivity contribution in [3.05, 3.63) is 83.7 Å². The average molecular weight is 387 g/mol. The van der Waals surface area contributed by atoms with Gasteiger partial charge in [0, 0.05) is 17.2 Å². The number of aromatic nitrogens is 3. The van der Waals surface area contributed by atoms with Crippen LogP contribution in [0.25, 0.3) is 22.5 Å². The largest absolute Gasteiger partial charge is 0.350 e. The summed E-state index contributed by atoms with van der Waals surface area (Å²) >= 11 is 0. The van der Waals surface area contributed by atoms with Crippen molar-refractivity contribution in [2.24, 2.45) is 0 Å². The number of amides is 2. The van der Waals surface area contributed by atoms with Crippen molar-refractivity contribution in [2.75, 3.05) is 0 Å². The Labute approximate surface area is 165 Å². The molecule has 0 bridgehead atoms. The minimum absolute atomic E-state index is 0.0181. The molecule has 4 aromatic rings. The zero-order valence-electron chi connectivity index (χ0n) is 15.5. The summed E-state index contributed by atoms with van der Waals surface area (Å²) in [6.07, 6.45) is 0. The molecule has 8 nitrogen and oxygen atoms in total. The van der Waals surface area contributed by atoms with Crippen LogP contribution in [0.2, 0.25) is 0 Å². The molecular formula is C21H17N5O3. The molecule has 0 aliphatic heterocycles. The Balaban J connectivity index is 1.38.